The van der Waals surface area contributed by atoms with Crippen LogP contribution in [0.3, 0.4) is 0 Å². The Morgan fingerprint density at radius 2 is 1.84 bits per heavy atom. The van der Waals surface area contributed by atoms with E-state index in [-0.39, 0.29) is 17.2 Å². The number of amides is 1. The van der Waals surface area contributed by atoms with Crippen LogP contribution < -0.4 is 0 Å². The van der Waals surface area contributed by atoms with E-state index in [4.69, 9.17) is 5.26 Å². The lowest BCUT2D eigenvalue weighted by molar-refractivity contribution is -0.127. The quantitative estimate of drug-likeness (QED) is 0.652. The molecule has 0 aromatic heterocycles. The van der Waals surface area contributed by atoms with Gasteiger partial charge < -0.3 is 10.0 Å². The highest BCUT2D eigenvalue weighted by Gasteiger charge is 2.19. The summed E-state index contributed by atoms with van der Waals surface area (Å²) < 4.78 is 0. The molecule has 1 aliphatic rings. The first-order valence-electron chi connectivity index (χ1n) is 6.41. The van der Waals surface area contributed by atoms with Gasteiger partial charge in [-0.15, -0.1) is 0 Å². The minimum atomic E-state index is -0.199. The number of carbonyl (C=O) groups excluding carboxylic acids is 1. The molecule has 1 aromatic carbocycles. The zero-order valence-corrected chi connectivity index (χ0v) is 10.7. The molecule has 0 aliphatic carbocycles. The number of hydrogen-bond donors (Lipinski definition) is 1. The van der Waals surface area contributed by atoms with Gasteiger partial charge in [-0.05, 0) is 43.0 Å². The van der Waals surface area contributed by atoms with Gasteiger partial charge in [-0.25, -0.2) is 0 Å². The third kappa shape index (κ3) is 3.35. The summed E-state index contributed by atoms with van der Waals surface area (Å²) in [4.78, 5) is 13.9. The maximum absolute atomic E-state index is 12.2. The lowest BCUT2D eigenvalue weighted by Gasteiger charge is -2.26. The van der Waals surface area contributed by atoms with E-state index in [0.717, 1.165) is 37.9 Å². The summed E-state index contributed by atoms with van der Waals surface area (Å²) >= 11 is 0. The maximum Gasteiger partial charge on any atom is 0.264 e. The predicted octanol–water partition coefficient (Wildman–Crippen LogP) is 2.31. The second-order valence-corrected chi connectivity index (χ2v) is 4.61. The summed E-state index contributed by atoms with van der Waals surface area (Å²) in [6.07, 6.45) is 4.72. The van der Waals surface area contributed by atoms with Gasteiger partial charge in [-0.1, -0.05) is 12.1 Å². The highest BCUT2D eigenvalue weighted by Crippen LogP contribution is 2.16. The number of phenolic OH excluding ortho intramolecular Hbond substituents is 1. The molecule has 0 spiro atoms. The maximum atomic E-state index is 12.2. The van der Waals surface area contributed by atoms with Crippen LogP contribution in [0.4, 0.5) is 0 Å². The van der Waals surface area contributed by atoms with E-state index in [2.05, 4.69) is 0 Å². The minimum absolute atomic E-state index is 0.146. The van der Waals surface area contributed by atoms with Gasteiger partial charge in [-0.2, -0.15) is 5.26 Å². The van der Waals surface area contributed by atoms with Crippen LogP contribution in [-0.2, 0) is 4.79 Å². The van der Waals surface area contributed by atoms with Crippen molar-refractivity contribution in [2.75, 3.05) is 13.1 Å². The van der Waals surface area contributed by atoms with Crippen molar-refractivity contribution in [3.8, 4) is 11.8 Å². The molecule has 0 bridgehead atoms. The van der Waals surface area contributed by atoms with Crippen LogP contribution in [0.2, 0.25) is 0 Å². The molecule has 2 rings (SSSR count). The fourth-order valence-corrected chi connectivity index (χ4v) is 2.15. The molecule has 1 fully saturated rings. The highest BCUT2D eigenvalue weighted by atomic mass is 16.3. The van der Waals surface area contributed by atoms with E-state index >= 15 is 0 Å². The summed E-state index contributed by atoms with van der Waals surface area (Å²) in [5, 5.41) is 18.3. The normalized spacial score (nSPS) is 15.9. The van der Waals surface area contributed by atoms with Gasteiger partial charge >= 0.3 is 0 Å². The monoisotopic (exact) mass is 256 g/mol. The molecule has 1 saturated heterocycles. The lowest BCUT2D eigenvalue weighted by atomic mass is 10.1. The largest absolute Gasteiger partial charge is 0.508 e. The first-order valence-corrected chi connectivity index (χ1v) is 6.41. The summed E-state index contributed by atoms with van der Waals surface area (Å²) in [5.41, 5.74) is 0.882. The SMILES string of the molecule is N#CC(=Cc1ccc(O)cc1)C(=O)N1CCCCC1. The second kappa shape index (κ2) is 6.05. The van der Waals surface area contributed by atoms with Crippen molar-refractivity contribution in [2.45, 2.75) is 19.3 Å². The predicted molar refractivity (Wildman–Crippen MR) is 72.1 cm³/mol. The number of piperidine rings is 1. The number of likely N-dealkylation sites (tertiary alicyclic amines) is 1. The summed E-state index contributed by atoms with van der Waals surface area (Å²) in [7, 11) is 0. The van der Waals surface area contributed by atoms with Gasteiger partial charge in [0.15, 0.2) is 0 Å². The number of benzene rings is 1. The van der Waals surface area contributed by atoms with Crippen molar-refractivity contribution in [3.63, 3.8) is 0 Å². The number of nitriles is 1. The zero-order valence-electron chi connectivity index (χ0n) is 10.7. The third-order valence-corrected chi connectivity index (χ3v) is 3.20. The Labute approximate surface area is 112 Å². The van der Waals surface area contributed by atoms with E-state index in [0.29, 0.717) is 0 Å². The topological polar surface area (TPSA) is 64.3 Å². The molecule has 1 amide bonds. The fraction of sp³-hybridized carbons (Fsp3) is 0.333. The van der Waals surface area contributed by atoms with Gasteiger partial charge in [0.05, 0.1) is 0 Å². The molecule has 0 saturated carbocycles. The number of carbonyl (C=O) groups is 1. The average Bonchev–Trinajstić information content (AvgIpc) is 2.47. The van der Waals surface area contributed by atoms with Crippen molar-refractivity contribution in [1.82, 2.24) is 4.90 Å². The van der Waals surface area contributed by atoms with E-state index in [1.54, 1.807) is 23.1 Å². The van der Waals surface area contributed by atoms with Gasteiger partial charge in [0.1, 0.15) is 17.4 Å². The smallest absolute Gasteiger partial charge is 0.264 e. The van der Waals surface area contributed by atoms with E-state index < -0.39 is 0 Å². The van der Waals surface area contributed by atoms with Crippen molar-refractivity contribution >= 4 is 12.0 Å². The minimum Gasteiger partial charge on any atom is -0.508 e. The Morgan fingerprint density at radius 3 is 2.42 bits per heavy atom. The zero-order chi connectivity index (χ0) is 13.7. The Bertz CT molecular complexity index is 520. The molecular weight excluding hydrogens is 240 g/mol. The van der Waals surface area contributed by atoms with Gasteiger partial charge in [0.25, 0.3) is 5.91 Å². The number of phenols is 1. The molecule has 1 heterocycles. The molecule has 4 nitrogen and oxygen atoms in total. The van der Waals surface area contributed by atoms with Gasteiger partial charge in [-0.3, -0.25) is 4.79 Å². The van der Waals surface area contributed by atoms with Crippen molar-refractivity contribution in [1.29, 1.82) is 5.26 Å². The molecule has 0 unspecified atom stereocenters. The molecule has 4 heteroatoms. The first kappa shape index (κ1) is 13.2. The van der Waals surface area contributed by atoms with E-state index in [9.17, 15) is 9.90 Å². The van der Waals surface area contributed by atoms with Crippen LogP contribution in [0, 0.1) is 11.3 Å². The average molecular weight is 256 g/mol. The molecular formula is C15H16N2O2. The van der Waals surface area contributed by atoms with Crippen LogP contribution >= 0.6 is 0 Å². The van der Waals surface area contributed by atoms with Crippen molar-refractivity contribution in [3.05, 3.63) is 35.4 Å². The van der Waals surface area contributed by atoms with E-state index in [1.165, 1.54) is 12.1 Å². The third-order valence-electron chi connectivity index (χ3n) is 3.20. The van der Waals surface area contributed by atoms with Crippen molar-refractivity contribution < 1.29 is 9.90 Å². The number of aromatic hydroxyl groups is 1. The molecule has 1 aromatic rings. The second-order valence-electron chi connectivity index (χ2n) is 4.61. The van der Waals surface area contributed by atoms with Gasteiger partial charge in [0.2, 0.25) is 0 Å². The van der Waals surface area contributed by atoms with Crippen LogP contribution in [0.25, 0.3) is 6.08 Å². The van der Waals surface area contributed by atoms with Crippen LogP contribution in [0.1, 0.15) is 24.8 Å². The summed E-state index contributed by atoms with van der Waals surface area (Å²) in [6, 6.07) is 8.39. The Kier molecular flexibility index (Phi) is 4.19. The Hall–Kier alpha value is -2.28. The molecule has 19 heavy (non-hydrogen) atoms. The van der Waals surface area contributed by atoms with Gasteiger partial charge in [0, 0.05) is 13.1 Å². The molecule has 98 valence electrons. The van der Waals surface area contributed by atoms with E-state index in [1.807, 2.05) is 6.07 Å². The van der Waals surface area contributed by atoms with Crippen LogP contribution in [-0.4, -0.2) is 29.0 Å². The molecule has 1 N–H and O–H groups in total. The molecule has 1 aliphatic heterocycles. The fourth-order valence-electron chi connectivity index (χ4n) is 2.15. The summed E-state index contributed by atoms with van der Waals surface area (Å²) in [5.74, 6) is -0.0340. The van der Waals surface area contributed by atoms with Crippen LogP contribution in [0.15, 0.2) is 29.8 Å². The number of hydrogen-bond acceptors (Lipinski definition) is 3. The number of nitrogens with zero attached hydrogens (tertiary/aromatic N) is 2. The molecule has 0 atom stereocenters. The Balaban J connectivity index is 2.17. The standard InChI is InChI=1S/C15H16N2O2/c16-11-13(10-12-4-6-14(18)7-5-12)15(19)17-8-2-1-3-9-17/h4-7,10,18H,1-3,8-9H2. The first-order chi connectivity index (χ1) is 9.20. The van der Waals surface area contributed by atoms with Crippen LogP contribution in [0.5, 0.6) is 5.75 Å². The Morgan fingerprint density at radius 1 is 1.21 bits per heavy atom. The highest BCUT2D eigenvalue weighted by molar-refractivity contribution is 6.01. The number of rotatable bonds is 2. The lowest BCUT2D eigenvalue weighted by Crippen LogP contribution is -2.36. The van der Waals surface area contributed by atoms with Crippen molar-refractivity contribution in [2.24, 2.45) is 0 Å². The summed E-state index contributed by atoms with van der Waals surface area (Å²) in [6.45, 7) is 1.46. The molecule has 0 radical (unpaired) electrons.